The number of hydrogen-bond donors (Lipinski definition) is 0. The van der Waals surface area contributed by atoms with Crippen LogP contribution in [0.25, 0.3) is 0 Å². The fraction of sp³-hybridized carbons (Fsp3) is 0.625. The molecule has 0 atom stereocenters. The molecule has 0 aliphatic carbocycles. The second kappa shape index (κ2) is 12.3. The van der Waals surface area contributed by atoms with Gasteiger partial charge in [0.05, 0.1) is 17.4 Å². The summed E-state index contributed by atoms with van der Waals surface area (Å²) in [6, 6.07) is 6.58. The van der Waals surface area contributed by atoms with E-state index in [9.17, 15) is 22.8 Å². The van der Waals surface area contributed by atoms with Crippen LogP contribution in [0.1, 0.15) is 51.0 Å². The fourth-order valence-corrected chi connectivity index (χ4v) is 5.78. The van der Waals surface area contributed by atoms with E-state index in [1.807, 2.05) is 0 Å². The summed E-state index contributed by atoms with van der Waals surface area (Å²) in [5.74, 6) is -1.17. The fourth-order valence-electron chi connectivity index (χ4n) is 4.26. The lowest BCUT2D eigenvalue weighted by Gasteiger charge is -2.30. The third-order valence-electron chi connectivity index (χ3n) is 6.32. The lowest BCUT2D eigenvalue weighted by Crippen LogP contribution is -2.42. The average molecular weight is 495 g/mol. The van der Waals surface area contributed by atoms with Crippen molar-refractivity contribution in [2.45, 2.75) is 56.8 Å². The zero-order valence-electron chi connectivity index (χ0n) is 19.7. The van der Waals surface area contributed by atoms with E-state index >= 15 is 0 Å². The van der Waals surface area contributed by atoms with Crippen molar-refractivity contribution < 1.29 is 32.3 Å². The molecule has 1 amide bonds. The highest BCUT2D eigenvalue weighted by molar-refractivity contribution is 7.89. The van der Waals surface area contributed by atoms with Gasteiger partial charge in [-0.3, -0.25) is 14.4 Å². The Labute approximate surface area is 201 Å². The Hall–Kier alpha value is -2.46. The number of amides is 1. The van der Waals surface area contributed by atoms with Crippen LogP contribution in [0.15, 0.2) is 29.2 Å². The molecule has 10 heteroatoms. The quantitative estimate of drug-likeness (QED) is 0.484. The summed E-state index contributed by atoms with van der Waals surface area (Å²) in [6.07, 6.45) is 4.39. The summed E-state index contributed by atoms with van der Waals surface area (Å²) >= 11 is 0. The van der Waals surface area contributed by atoms with E-state index in [1.54, 1.807) is 36.1 Å². The van der Waals surface area contributed by atoms with Crippen LogP contribution in [-0.4, -0.2) is 74.9 Å². The number of carbonyl (C=O) groups excluding carboxylic acids is 3. The van der Waals surface area contributed by atoms with Crippen LogP contribution in [0.3, 0.4) is 0 Å². The van der Waals surface area contributed by atoms with Gasteiger partial charge in [0.1, 0.15) is 0 Å². The Kier molecular flexibility index (Phi) is 9.46. The normalized spacial score (nSPS) is 17.9. The lowest BCUT2D eigenvalue weighted by molar-refractivity contribution is -0.154. The third-order valence-corrected chi connectivity index (χ3v) is 8.23. The zero-order chi connectivity index (χ0) is 24.6. The van der Waals surface area contributed by atoms with E-state index in [2.05, 4.69) is 0 Å². The summed E-state index contributed by atoms with van der Waals surface area (Å²) in [6.45, 7) is 3.77. The number of ether oxygens (including phenoxy) is 2. The Bertz CT molecular complexity index is 948. The van der Waals surface area contributed by atoms with Gasteiger partial charge in [0.25, 0.3) is 5.91 Å². The molecule has 0 unspecified atom stereocenters. The maximum Gasteiger partial charge on any atom is 0.309 e. The predicted octanol–water partition coefficient (Wildman–Crippen LogP) is 2.14. The third kappa shape index (κ3) is 7.02. The highest BCUT2D eigenvalue weighted by Gasteiger charge is 2.29. The number of benzene rings is 1. The van der Waals surface area contributed by atoms with Gasteiger partial charge in [-0.1, -0.05) is 18.6 Å². The van der Waals surface area contributed by atoms with Gasteiger partial charge in [-0.05, 0) is 56.7 Å². The second-order valence-corrected chi connectivity index (χ2v) is 10.6. The van der Waals surface area contributed by atoms with Crippen molar-refractivity contribution in [1.82, 2.24) is 9.21 Å². The molecule has 0 bridgehead atoms. The summed E-state index contributed by atoms with van der Waals surface area (Å²) in [5, 5.41) is 0. The summed E-state index contributed by atoms with van der Waals surface area (Å²) in [5.41, 5.74) is 0.821. The number of likely N-dealkylation sites (tertiary alicyclic amines) is 1. The van der Waals surface area contributed by atoms with Crippen LogP contribution >= 0.6 is 0 Å². The van der Waals surface area contributed by atoms with Crippen LogP contribution in [0.4, 0.5) is 0 Å². The molecule has 188 valence electrons. The molecule has 34 heavy (non-hydrogen) atoms. The van der Waals surface area contributed by atoms with E-state index in [0.717, 1.165) is 24.8 Å². The molecule has 2 aliphatic heterocycles. The Morgan fingerprint density at radius 3 is 2.21 bits per heavy atom. The van der Waals surface area contributed by atoms with Crippen molar-refractivity contribution in [2.75, 3.05) is 39.4 Å². The number of carbonyl (C=O) groups is 3. The number of aryl methyl sites for hydroxylation is 1. The van der Waals surface area contributed by atoms with Gasteiger partial charge in [0, 0.05) is 32.6 Å². The highest BCUT2D eigenvalue weighted by Crippen LogP contribution is 2.21. The Morgan fingerprint density at radius 1 is 0.941 bits per heavy atom. The van der Waals surface area contributed by atoms with Gasteiger partial charge in [-0.15, -0.1) is 0 Å². The van der Waals surface area contributed by atoms with Crippen LogP contribution < -0.4 is 0 Å². The summed E-state index contributed by atoms with van der Waals surface area (Å²) < 4.78 is 37.1. The summed E-state index contributed by atoms with van der Waals surface area (Å²) in [7, 11) is -3.48. The van der Waals surface area contributed by atoms with E-state index in [1.165, 1.54) is 4.31 Å². The summed E-state index contributed by atoms with van der Waals surface area (Å²) in [4.78, 5) is 38.1. The number of sulfonamides is 1. The molecule has 2 heterocycles. The molecule has 2 saturated heterocycles. The van der Waals surface area contributed by atoms with Crippen LogP contribution in [0.5, 0.6) is 0 Å². The smallest absolute Gasteiger partial charge is 0.309 e. The molecule has 0 saturated carbocycles. The molecular formula is C24H34N2O7S. The topological polar surface area (TPSA) is 110 Å². The molecule has 2 fully saturated rings. The minimum Gasteiger partial charge on any atom is -0.466 e. The van der Waals surface area contributed by atoms with Gasteiger partial charge in [-0.2, -0.15) is 4.31 Å². The van der Waals surface area contributed by atoms with Gasteiger partial charge in [0.15, 0.2) is 6.61 Å². The number of rotatable bonds is 9. The van der Waals surface area contributed by atoms with Crippen molar-refractivity contribution in [3.8, 4) is 0 Å². The maximum atomic E-state index is 12.7. The molecule has 9 nitrogen and oxygen atoms in total. The van der Waals surface area contributed by atoms with Crippen molar-refractivity contribution in [3.05, 3.63) is 29.8 Å². The van der Waals surface area contributed by atoms with E-state index in [0.29, 0.717) is 52.0 Å². The number of hydrogen-bond acceptors (Lipinski definition) is 7. The van der Waals surface area contributed by atoms with Crippen molar-refractivity contribution in [1.29, 1.82) is 0 Å². The van der Waals surface area contributed by atoms with Gasteiger partial charge >= 0.3 is 11.9 Å². The first-order valence-corrected chi connectivity index (χ1v) is 13.4. The first-order chi connectivity index (χ1) is 16.3. The standard InChI is InChI=1S/C24H34N2O7S/c1-2-32-24(29)20-12-16-25(17-13-20)22(27)18-33-23(28)11-8-19-6-9-21(10-7-19)34(30,31)26-14-4-3-5-15-26/h6-7,9-10,20H,2-5,8,11-18H2,1H3. The van der Waals surface area contributed by atoms with Crippen LogP contribution in [-0.2, 0) is 40.3 Å². The van der Waals surface area contributed by atoms with Gasteiger partial charge in [0.2, 0.25) is 10.0 Å². The molecule has 2 aliphatic rings. The molecule has 1 aromatic rings. The van der Waals surface area contributed by atoms with E-state index in [-0.39, 0.29) is 35.7 Å². The van der Waals surface area contributed by atoms with Gasteiger partial charge in [-0.25, -0.2) is 8.42 Å². The minimum atomic E-state index is -3.48. The first-order valence-electron chi connectivity index (χ1n) is 12.0. The number of esters is 2. The van der Waals surface area contributed by atoms with Crippen molar-refractivity contribution in [2.24, 2.45) is 5.92 Å². The Morgan fingerprint density at radius 2 is 1.59 bits per heavy atom. The molecule has 3 rings (SSSR count). The average Bonchev–Trinajstić information content (AvgIpc) is 2.87. The predicted molar refractivity (Wildman–Crippen MR) is 124 cm³/mol. The van der Waals surface area contributed by atoms with Crippen LogP contribution in [0.2, 0.25) is 0 Å². The van der Waals surface area contributed by atoms with E-state index in [4.69, 9.17) is 9.47 Å². The first kappa shape index (κ1) is 26.2. The molecule has 0 aromatic heterocycles. The Balaban J connectivity index is 1.39. The second-order valence-electron chi connectivity index (χ2n) is 8.68. The molecule has 1 aromatic carbocycles. The minimum absolute atomic E-state index is 0.0937. The van der Waals surface area contributed by atoms with Crippen LogP contribution in [0, 0.1) is 5.92 Å². The molecule has 0 radical (unpaired) electrons. The highest BCUT2D eigenvalue weighted by atomic mass is 32.2. The molecular weight excluding hydrogens is 460 g/mol. The SMILES string of the molecule is CCOC(=O)C1CCN(C(=O)COC(=O)CCc2ccc(S(=O)(=O)N3CCCCC3)cc2)CC1. The molecule has 0 spiro atoms. The van der Waals surface area contributed by atoms with Crippen molar-refractivity contribution >= 4 is 27.9 Å². The largest absolute Gasteiger partial charge is 0.466 e. The van der Waals surface area contributed by atoms with Gasteiger partial charge < -0.3 is 14.4 Å². The zero-order valence-corrected chi connectivity index (χ0v) is 20.6. The van der Waals surface area contributed by atoms with Crippen molar-refractivity contribution in [3.63, 3.8) is 0 Å². The monoisotopic (exact) mass is 494 g/mol. The molecule has 0 N–H and O–H groups in total. The maximum absolute atomic E-state index is 12.7. The van der Waals surface area contributed by atoms with E-state index < -0.39 is 16.0 Å². The number of nitrogens with zero attached hydrogens (tertiary/aromatic N) is 2. The lowest BCUT2D eigenvalue weighted by atomic mass is 9.97. The number of piperidine rings is 2.